The Morgan fingerprint density at radius 2 is 2.21 bits per heavy atom. The summed E-state index contributed by atoms with van der Waals surface area (Å²) in [5.74, 6) is 0.628. The van der Waals surface area contributed by atoms with Crippen LogP contribution in [0.1, 0.15) is 16.8 Å². The van der Waals surface area contributed by atoms with Gasteiger partial charge in [-0.15, -0.1) is 5.10 Å². The fraction of sp³-hybridized carbons (Fsp3) is 0.333. The van der Waals surface area contributed by atoms with Crippen LogP contribution >= 0.6 is 12.2 Å². The molecule has 0 aromatic carbocycles. The van der Waals surface area contributed by atoms with Crippen molar-refractivity contribution in [2.45, 2.75) is 20.4 Å². The maximum absolute atomic E-state index is 5.76. The molecule has 0 saturated heterocycles. The third-order valence-electron chi connectivity index (χ3n) is 2.89. The van der Waals surface area contributed by atoms with Crippen molar-refractivity contribution in [1.29, 1.82) is 0 Å². The summed E-state index contributed by atoms with van der Waals surface area (Å²) in [5.41, 5.74) is 8.32. The molecule has 0 atom stereocenters. The smallest absolute Gasteiger partial charge is 0.159 e. The van der Waals surface area contributed by atoms with Crippen molar-refractivity contribution in [2.75, 3.05) is 11.9 Å². The van der Waals surface area contributed by atoms with Gasteiger partial charge in [0.2, 0.25) is 0 Å². The van der Waals surface area contributed by atoms with Gasteiger partial charge in [0, 0.05) is 18.9 Å². The van der Waals surface area contributed by atoms with Gasteiger partial charge in [0.25, 0.3) is 0 Å². The number of nitrogens with one attached hydrogen (secondary N) is 1. The van der Waals surface area contributed by atoms with Crippen molar-refractivity contribution in [3.05, 3.63) is 35.3 Å². The minimum atomic E-state index is 0.331. The molecule has 0 aliphatic carbocycles. The molecule has 2 rings (SSSR count). The molecule has 0 amide bonds. The molecule has 7 heteroatoms. The predicted octanol–water partition coefficient (Wildman–Crippen LogP) is 1.04. The van der Waals surface area contributed by atoms with Crippen LogP contribution in [0.5, 0.6) is 0 Å². The molecule has 6 nitrogen and oxygen atoms in total. The Bertz CT molecular complexity index is 578. The van der Waals surface area contributed by atoms with Gasteiger partial charge in [0.1, 0.15) is 4.99 Å². The summed E-state index contributed by atoms with van der Waals surface area (Å²) in [6.07, 6.45) is 3.65. The van der Waals surface area contributed by atoms with Crippen LogP contribution in [0.3, 0.4) is 0 Å². The molecule has 3 N–H and O–H groups in total. The van der Waals surface area contributed by atoms with Crippen molar-refractivity contribution >= 4 is 23.0 Å². The van der Waals surface area contributed by atoms with Crippen LogP contribution in [0, 0.1) is 13.8 Å². The van der Waals surface area contributed by atoms with E-state index in [4.69, 9.17) is 18.0 Å². The van der Waals surface area contributed by atoms with E-state index in [-0.39, 0.29) is 0 Å². The van der Waals surface area contributed by atoms with Crippen molar-refractivity contribution in [2.24, 2.45) is 5.73 Å². The van der Waals surface area contributed by atoms with E-state index in [2.05, 4.69) is 20.6 Å². The molecule has 0 fully saturated rings. The molecule has 2 heterocycles. The molecule has 2 aromatic rings. The van der Waals surface area contributed by atoms with Crippen LogP contribution in [0.4, 0.5) is 5.82 Å². The highest BCUT2D eigenvalue weighted by Crippen LogP contribution is 2.17. The van der Waals surface area contributed by atoms with Crippen LogP contribution in [-0.4, -0.2) is 31.5 Å². The summed E-state index contributed by atoms with van der Waals surface area (Å²) in [7, 11) is 0. The van der Waals surface area contributed by atoms with Gasteiger partial charge in [-0.3, -0.25) is 4.68 Å². The van der Waals surface area contributed by atoms with Crippen molar-refractivity contribution < 1.29 is 0 Å². The maximum atomic E-state index is 5.76. The molecule has 0 saturated carbocycles. The summed E-state index contributed by atoms with van der Waals surface area (Å²) >= 11 is 5.08. The molecule has 0 bridgehead atoms. The van der Waals surface area contributed by atoms with Gasteiger partial charge in [-0.25, -0.2) is 0 Å². The monoisotopic (exact) mass is 276 g/mol. The highest BCUT2D eigenvalue weighted by molar-refractivity contribution is 7.80. The third kappa shape index (κ3) is 3.05. The lowest BCUT2D eigenvalue weighted by molar-refractivity contribution is 0.636. The van der Waals surface area contributed by atoms with E-state index >= 15 is 0 Å². The minimum absolute atomic E-state index is 0.331. The number of anilines is 1. The number of aromatic nitrogens is 4. The molecule has 0 spiro atoms. The Hall–Kier alpha value is -2.02. The predicted molar refractivity (Wildman–Crippen MR) is 78.1 cm³/mol. The second-order valence-electron chi connectivity index (χ2n) is 4.19. The van der Waals surface area contributed by atoms with Crippen LogP contribution in [0.2, 0.25) is 0 Å². The van der Waals surface area contributed by atoms with Gasteiger partial charge in [-0.2, -0.15) is 10.2 Å². The molecular weight excluding hydrogens is 260 g/mol. The summed E-state index contributed by atoms with van der Waals surface area (Å²) in [6, 6.07) is 1.89. The zero-order valence-electron chi connectivity index (χ0n) is 10.9. The van der Waals surface area contributed by atoms with E-state index in [0.29, 0.717) is 17.4 Å². The maximum Gasteiger partial charge on any atom is 0.159 e. The Morgan fingerprint density at radius 1 is 1.42 bits per heavy atom. The fourth-order valence-electron chi connectivity index (χ4n) is 1.76. The number of aryl methyl sites for hydroxylation is 1. The van der Waals surface area contributed by atoms with Crippen LogP contribution in [0.25, 0.3) is 0 Å². The van der Waals surface area contributed by atoms with Gasteiger partial charge in [-0.1, -0.05) is 12.2 Å². The van der Waals surface area contributed by atoms with E-state index in [9.17, 15) is 0 Å². The lowest BCUT2D eigenvalue weighted by atomic mass is 10.1. The number of nitrogens with zero attached hydrogens (tertiary/aromatic N) is 4. The average Bonchev–Trinajstić information content (AvgIpc) is 2.86. The number of nitrogens with two attached hydrogens (primary N) is 1. The highest BCUT2D eigenvalue weighted by atomic mass is 32.1. The Balaban J connectivity index is 2.11. The van der Waals surface area contributed by atoms with Crippen molar-refractivity contribution in [1.82, 2.24) is 20.0 Å². The summed E-state index contributed by atoms with van der Waals surface area (Å²) < 4.78 is 1.84. The first-order chi connectivity index (χ1) is 9.09. The zero-order chi connectivity index (χ0) is 13.8. The second-order valence-corrected chi connectivity index (χ2v) is 4.63. The second kappa shape index (κ2) is 5.75. The number of hydrogen-bond donors (Lipinski definition) is 2. The van der Waals surface area contributed by atoms with E-state index in [0.717, 1.165) is 23.4 Å². The first-order valence-electron chi connectivity index (χ1n) is 5.94. The molecule has 100 valence electrons. The lowest BCUT2D eigenvalue weighted by Gasteiger charge is -2.13. The number of thiocarbonyl (C=S) groups is 1. The molecule has 0 aliphatic heterocycles. The fourth-order valence-corrected chi connectivity index (χ4v) is 2.01. The van der Waals surface area contributed by atoms with Gasteiger partial charge >= 0.3 is 0 Å². The van der Waals surface area contributed by atoms with Gasteiger partial charge in [0.05, 0.1) is 17.8 Å². The average molecular weight is 276 g/mol. The summed E-state index contributed by atoms with van der Waals surface area (Å²) in [6.45, 7) is 5.24. The largest absolute Gasteiger partial charge is 0.389 e. The molecule has 0 aliphatic rings. The quantitative estimate of drug-likeness (QED) is 0.794. The molecular formula is C12H16N6S. The van der Waals surface area contributed by atoms with Crippen molar-refractivity contribution in [3.8, 4) is 0 Å². The van der Waals surface area contributed by atoms with Gasteiger partial charge in [-0.05, 0) is 25.5 Å². The molecule has 2 aromatic heterocycles. The SMILES string of the molecule is Cc1nnc(NCCn2cccn2)c(C(N)=S)c1C. The van der Waals surface area contributed by atoms with E-state index in [1.165, 1.54) is 0 Å². The summed E-state index contributed by atoms with van der Waals surface area (Å²) in [4.78, 5) is 0.331. The molecule has 0 unspecified atom stereocenters. The Kier molecular flexibility index (Phi) is 4.06. The van der Waals surface area contributed by atoms with E-state index in [1.54, 1.807) is 6.20 Å². The normalized spacial score (nSPS) is 10.4. The van der Waals surface area contributed by atoms with Gasteiger partial charge in [0.15, 0.2) is 5.82 Å². The zero-order valence-corrected chi connectivity index (χ0v) is 11.7. The third-order valence-corrected chi connectivity index (χ3v) is 3.10. The van der Waals surface area contributed by atoms with Gasteiger partial charge < -0.3 is 11.1 Å². The molecule has 19 heavy (non-hydrogen) atoms. The van der Waals surface area contributed by atoms with E-state index in [1.807, 2.05) is 30.8 Å². The summed E-state index contributed by atoms with van der Waals surface area (Å²) in [5, 5.41) is 15.5. The Labute approximate surface area is 117 Å². The standard InChI is InChI=1S/C12H16N6S/c1-8-9(2)16-17-12(10(8)11(13)19)14-5-7-18-6-3-4-15-18/h3-4,6H,5,7H2,1-2H3,(H2,13,19)(H,14,17). The Morgan fingerprint density at radius 3 is 2.84 bits per heavy atom. The molecule has 0 radical (unpaired) electrons. The number of rotatable bonds is 5. The van der Waals surface area contributed by atoms with Crippen LogP contribution in [-0.2, 0) is 6.54 Å². The highest BCUT2D eigenvalue weighted by Gasteiger charge is 2.13. The lowest BCUT2D eigenvalue weighted by Crippen LogP contribution is -2.20. The van der Waals surface area contributed by atoms with E-state index < -0.39 is 0 Å². The topological polar surface area (TPSA) is 81.7 Å². The minimum Gasteiger partial charge on any atom is -0.389 e. The van der Waals surface area contributed by atoms with Crippen LogP contribution in [0.15, 0.2) is 18.5 Å². The number of hydrogen-bond acceptors (Lipinski definition) is 5. The first kappa shape index (κ1) is 13.4. The van der Waals surface area contributed by atoms with Crippen LogP contribution < -0.4 is 11.1 Å². The van der Waals surface area contributed by atoms with Crippen molar-refractivity contribution in [3.63, 3.8) is 0 Å². The first-order valence-corrected chi connectivity index (χ1v) is 6.35.